The number of nitrogens with zero attached hydrogens (tertiary/aromatic N) is 2. The van der Waals surface area contributed by atoms with Gasteiger partial charge in [-0.15, -0.1) is 11.3 Å². The molecule has 1 aliphatic rings. The molecular weight excluding hydrogens is 492 g/mol. The summed E-state index contributed by atoms with van der Waals surface area (Å²) < 4.78 is 1.63. The van der Waals surface area contributed by atoms with Gasteiger partial charge < -0.3 is 10.6 Å². The summed E-state index contributed by atoms with van der Waals surface area (Å²) in [6, 6.07) is 16.4. The van der Waals surface area contributed by atoms with Crippen molar-refractivity contribution in [3.63, 3.8) is 0 Å². The van der Waals surface area contributed by atoms with Crippen LogP contribution in [0.4, 0.5) is 11.4 Å². The molecule has 0 aliphatic heterocycles. The smallest absolute Gasteiger partial charge is 0.267 e. The monoisotopic (exact) mass is 518 g/mol. The van der Waals surface area contributed by atoms with Crippen molar-refractivity contribution in [2.45, 2.75) is 38.3 Å². The first kappa shape index (κ1) is 24.3. The molecule has 0 fully saturated rings. The van der Waals surface area contributed by atoms with Gasteiger partial charge in [-0.05, 0) is 67.1 Å². The fraction of sp³-hybridized carbons (Fsp3) is 0.259. The number of carbonyl (C=O) groups excluding carboxylic acids is 2. The van der Waals surface area contributed by atoms with Crippen molar-refractivity contribution >= 4 is 56.5 Å². The third kappa shape index (κ3) is 5.08. The van der Waals surface area contributed by atoms with E-state index in [-0.39, 0.29) is 23.1 Å². The second-order valence-corrected chi connectivity index (χ2v) is 11.0. The Morgan fingerprint density at radius 3 is 2.47 bits per heavy atom. The van der Waals surface area contributed by atoms with Crippen molar-refractivity contribution < 1.29 is 9.59 Å². The van der Waals surface area contributed by atoms with Crippen LogP contribution in [0.1, 0.15) is 30.7 Å². The first-order valence-electron chi connectivity index (χ1n) is 11.8. The third-order valence-electron chi connectivity index (χ3n) is 6.13. The lowest BCUT2D eigenvalue weighted by Crippen LogP contribution is -2.23. The maximum absolute atomic E-state index is 13.8. The molecule has 5 rings (SSSR count). The Kier molecular flexibility index (Phi) is 6.93. The summed E-state index contributed by atoms with van der Waals surface area (Å²) in [4.78, 5) is 44.6. The summed E-state index contributed by atoms with van der Waals surface area (Å²) in [6.45, 7) is 3.69. The van der Waals surface area contributed by atoms with Crippen LogP contribution in [-0.4, -0.2) is 27.1 Å². The second-order valence-electron chi connectivity index (χ2n) is 9.00. The lowest BCUT2D eigenvalue weighted by molar-refractivity contribution is -0.114. The van der Waals surface area contributed by atoms with E-state index in [2.05, 4.69) is 17.6 Å². The summed E-state index contributed by atoms with van der Waals surface area (Å²) in [5.41, 5.74) is 3.09. The number of anilines is 2. The van der Waals surface area contributed by atoms with Gasteiger partial charge >= 0.3 is 0 Å². The molecule has 0 bridgehead atoms. The van der Waals surface area contributed by atoms with Crippen LogP contribution in [0, 0.1) is 5.92 Å². The largest absolute Gasteiger partial charge is 0.326 e. The van der Waals surface area contributed by atoms with Gasteiger partial charge in [0.1, 0.15) is 4.83 Å². The predicted octanol–water partition coefficient (Wildman–Crippen LogP) is 5.26. The number of aryl methyl sites for hydroxylation is 1. The van der Waals surface area contributed by atoms with Crippen molar-refractivity contribution in [2.24, 2.45) is 5.92 Å². The molecule has 0 radical (unpaired) electrons. The Bertz CT molecular complexity index is 1490. The summed E-state index contributed by atoms with van der Waals surface area (Å²) in [7, 11) is 0. The highest BCUT2D eigenvalue weighted by molar-refractivity contribution is 7.99. The zero-order valence-corrected chi connectivity index (χ0v) is 21.7. The van der Waals surface area contributed by atoms with Gasteiger partial charge in [0.05, 0.1) is 16.8 Å². The normalized spacial score (nSPS) is 14.9. The number of aromatic nitrogens is 2. The minimum Gasteiger partial charge on any atom is -0.326 e. The van der Waals surface area contributed by atoms with E-state index in [1.807, 2.05) is 30.3 Å². The van der Waals surface area contributed by atoms with Crippen LogP contribution in [0.5, 0.6) is 0 Å². The Hall–Kier alpha value is -3.43. The number of hydrogen-bond acceptors (Lipinski definition) is 6. The van der Waals surface area contributed by atoms with Crippen molar-refractivity contribution in [1.29, 1.82) is 0 Å². The Labute approximate surface area is 217 Å². The van der Waals surface area contributed by atoms with Crippen molar-refractivity contribution in [1.82, 2.24) is 9.55 Å². The van der Waals surface area contributed by atoms with Crippen molar-refractivity contribution in [3.8, 4) is 5.69 Å². The minimum atomic E-state index is -0.208. The molecular formula is C27H26N4O3S2. The van der Waals surface area contributed by atoms with Crippen LogP contribution in [0.2, 0.25) is 0 Å². The Morgan fingerprint density at radius 2 is 1.78 bits per heavy atom. The highest BCUT2D eigenvalue weighted by Crippen LogP contribution is 2.37. The lowest BCUT2D eigenvalue weighted by atomic mass is 9.89. The number of benzene rings is 2. The van der Waals surface area contributed by atoms with E-state index in [0.29, 0.717) is 22.4 Å². The number of carbonyl (C=O) groups is 2. The number of thioether (sulfide) groups is 1. The zero-order chi connectivity index (χ0) is 25.2. The van der Waals surface area contributed by atoms with Crippen LogP contribution in [-0.2, 0) is 22.4 Å². The summed E-state index contributed by atoms with van der Waals surface area (Å²) in [6.07, 6.45) is 2.96. The molecule has 0 spiro atoms. The SMILES string of the molecule is CC(=O)Nc1ccc(NC(=O)CSc2nc3sc4c(c3c(=O)n2-c2ccccc2)CCC(C)C4)cc1. The predicted molar refractivity (Wildman–Crippen MR) is 147 cm³/mol. The molecule has 2 amide bonds. The molecule has 2 aromatic carbocycles. The minimum absolute atomic E-state index is 0.0743. The van der Waals surface area contributed by atoms with Gasteiger partial charge in [0.15, 0.2) is 5.16 Å². The molecule has 1 aliphatic carbocycles. The highest BCUT2D eigenvalue weighted by atomic mass is 32.2. The zero-order valence-electron chi connectivity index (χ0n) is 20.0. The number of amides is 2. The Balaban J connectivity index is 1.42. The van der Waals surface area contributed by atoms with Gasteiger partial charge in [-0.3, -0.25) is 19.0 Å². The number of thiophene rings is 1. The number of fused-ring (bicyclic) bond motifs is 3. The molecule has 2 N–H and O–H groups in total. The van der Waals surface area contributed by atoms with Crippen LogP contribution >= 0.6 is 23.1 Å². The molecule has 0 saturated heterocycles. The molecule has 184 valence electrons. The van der Waals surface area contributed by atoms with Gasteiger partial charge in [0.25, 0.3) is 5.56 Å². The second kappa shape index (κ2) is 10.3. The molecule has 9 heteroatoms. The molecule has 4 aromatic rings. The van der Waals surface area contributed by atoms with Gasteiger partial charge in [-0.25, -0.2) is 4.98 Å². The molecule has 2 heterocycles. The standard InChI is InChI=1S/C27H26N4O3S2/c1-16-8-13-21-22(14-16)36-25-24(21)26(34)31(20-6-4-3-5-7-20)27(30-25)35-15-23(33)29-19-11-9-18(10-12-19)28-17(2)32/h3-7,9-12,16H,8,13-15H2,1-2H3,(H,28,32)(H,29,33). The first-order chi connectivity index (χ1) is 17.4. The molecule has 1 unspecified atom stereocenters. The van der Waals surface area contributed by atoms with E-state index in [1.54, 1.807) is 40.2 Å². The number of nitrogens with one attached hydrogen (secondary N) is 2. The molecule has 1 atom stereocenters. The van der Waals surface area contributed by atoms with E-state index < -0.39 is 0 Å². The molecule has 2 aromatic heterocycles. The summed E-state index contributed by atoms with van der Waals surface area (Å²) in [5.74, 6) is 0.339. The average Bonchev–Trinajstić information content (AvgIpc) is 3.22. The number of hydrogen-bond donors (Lipinski definition) is 2. The van der Waals surface area contributed by atoms with E-state index in [4.69, 9.17) is 4.98 Å². The fourth-order valence-electron chi connectivity index (χ4n) is 4.44. The van der Waals surface area contributed by atoms with Gasteiger partial charge in [0.2, 0.25) is 11.8 Å². The maximum atomic E-state index is 13.8. The first-order valence-corrected chi connectivity index (χ1v) is 13.6. The van der Waals surface area contributed by atoms with Crippen molar-refractivity contribution in [2.75, 3.05) is 16.4 Å². The van der Waals surface area contributed by atoms with Gasteiger partial charge in [-0.2, -0.15) is 0 Å². The molecule has 7 nitrogen and oxygen atoms in total. The molecule has 36 heavy (non-hydrogen) atoms. The van der Waals surface area contributed by atoms with E-state index in [9.17, 15) is 14.4 Å². The fourth-order valence-corrected chi connectivity index (χ4v) is 6.68. The molecule has 0 saturated carbocycles. The highest BCUT2D eigenvalue weighted by Gasteiger charge is 2.25. The van der Waals surface area contributed by atoms with Gasteiger partial charge in [-0.1, -0.05) is 36.9 Å². The summed E-state index contributed by atoms with van der Waals surface area (Å²) in [5, 5.41) is 6.78. The van der Waals surface area contributed by atoms with E-state index in [0.717, 1.165) is 40.7 Å². The average molecular weight is 519 g/mol. The third-order valence-corrected chi connectivity index (χ3v) is 8.22. The number of para-hydroxylation sites is 1. The topological polar surface area (TPSA) is 93.1 Å². The lowest BCUT2D eigenvalue weighted by Gasteiger charge is -2.17. The van der Waals surface area contributed by atoms with Crippen LogP contribution in [0.25, 0.3) is 15.9 Å². The Morgan fingerprint density at radius 1 is 1.08 bits per heavy atom. The quantitative estimate of drug-likeness (QED) is 0.268. The number of rotatable bonds is 6. The van der Waals surface area contributed by atoms with Crippen molar-refractivity contribution in [3.05, 3.63) is 75.4 Å². The summed E-state index contributed by atoms with van der Waals surface area (Å²) >= 11 is 2.86. The van der Waals surface area contributed by atoms with Gasteiger partial charge in [0, 0.05) is 23.2 Å². The van der Waals surface area contributed by atoms with Crippen LogP contribution < -0.4 is 16.2 Å². The van der Waals surface area contributed by atoms with Crippen LogP contribution in [0.3, 0.4) is 0 Å². The van der Waals surface area contributed by atoms with E-state index in [1.165, 1.54) is 23.6 Å². The van der Waals surface area contributed by atoms with E-state index >= 15 is 0 Å². The van der Waals surface area contributed by atoms with Crippen LogP contribution in [0.15, 0.2) is 64.5 Å². The maximum Gasteiger partial charge on any atom is 0.267 e.